The van der Waals surface area contributed by atoms with Crippen LogP contribution in [0.15, 0.2) is 0 Å². The number of rotatable bonds is 1. The number of ether oxygens (including phenoxy) is 4. The molecule has 6 nitrogen and oxygen atoms in total. The van der Waals surface area contributed by atoms with Crippen LogP contribution in [0.5, 0.6) is 0 Å². The van der Waals surface area contributed by atoms with Crippen molar-refractivity contribution in [2.75, 3.05) is 7.11 Å². The van der Waals surface area contributed by atoms with Crippen LogP contribution < -0.4 is 0 Å². The number of hydrogen-bond acceptors (Lipinski definition) is 6. The number of methoxy groups -OCH3 is 1. The fraction of sp³-hybridized carbons (Fsp3) is 0.889. The molecule has 0 bridgehead atoms. The lowest BCUT2D eigenvalue weighted by molar-refractivity contribution is -0.223. The van der Waals surface area contributed by atoms with E-state index in [0.717, 1.165) is 0 Å². The first-order valence-corrected chi connectivity index (χ1v) is 4.71. The molecule has 2 saturated heterocycles. The number of aliphatic hydroxyl groups excluding tert-OH is 1. The summed E-state index contributed by atoms with van der Waals surface area (Å²) in [6.45, 7) is 3.43. The maximum Gasteiger partial charge on any atom is 0.337 e. The highest BCUT2D eigenvalue weighted by molar-refractivity contribution is 5.76. The molecule has 2 fully saturated rings. The van der Waals surface area contributed by atoms with Crippen LogP contribution in [0.3, 0.4) is 0 Å². The molecule has 15 heavy (non-hydrogen) atoms. The van der Waals surface area contributed by atoms with E-state index < -0.39 is 36.4 Å². The van der Waals surface area contributed by atoms with Gasteiger partial charge in [-0.25, -0.2) is 4.79 Å². The summed E-state index contributed by atoms with van der Waals surface area (Å²) >= 11 is 0. The van der Waals surface area contributed by atoms with Crippen LogP contribution in [-0.4, -0.2) is 48.6 Å². The fourth-order valence-corrected chi connectivity index (χ4v) is 1.88. The van der Waals surface area contributed by atoms with E-state index in [4.69, 9.17) is 14.2 Å². The fourth-order valence-electron chi connectivity index (χ4n) is 1.88. The summed E-state index contributed by atoms with van der Waals surface area (Å²) in [4.78, 5) is 11.3. The normalized spacial score (nSPS) is 42.7. The minimum absolute atomic E-state index is 0.567. The second kappa shape index (κ2) is 3.41. The van der Waals surface area contributed by atoms with Crippen LogP contribution in [0.1, 0.15) is 13.8 Å². The molecule has 0 aromatic heterocycles. The molecular formula is C9H14O6. The van der Waals surface area contributed by atoms with Gasteiger partial charge in [-0.05, 0) is 13.8 Å². The first kappa shape index (κ1) is 10.8. The summed E-state index contributed by atoms with van der Waals surface area (Å²) in [5, 5.41) is 9.51. The van der Waals surface area contributed by atoms with Crippen LogP contribution in [-0.2, 0) is 23.7 Å². The largest absolute Gasteiger partial charge is 0.467 e. The van der Waals surface area contributed by atoms with Crippen molar-refractivity contribution in [1.82, 2.24) is 0 Å². The molecular weight excluding hydrogens is 204 g/mol. The summed E-state index contributed by atoms with van der Waals surface area (Å²) in [6, 6.07) is 0. The van der Waals surface area contributed by atoms with E-state index in [2.05, 4.69) is 4.74 Å². The number of esters is 1. The van der Waals surface area contributed by atoms with E-state index in [0.29, 0.717) is 0 Å². The van der Waals surface area contributed by atoms with E-state index >= 15 is 0 Å². The van der Waals surface area contributed by atoms with Gasteiger partial charge in [0.05, 0.1) is 7.11 Å². The van der Waals surface area contributed by atoms with Crippen LogP contribution in [0.4, 0.5) is 0 Å². The van der Waals surface area contributed by atoms with Gasteiger partial charge in [0, 0.05) is 0 Å². The Labute approximate surface area is 87.1 Å². The van der Waals surface area contributed by atoms with Crippen LogP contribution >= 0.6 is 0 Å². The highest BCUT2D eigenvalue weighted by Gasteiger charge is 2.57. The SMILES string of the molecule is COC(=O)[C@@H]1O[C@H](O)[C@H]2OC(C)(C)O[C@H]21. The molecule has 0 amide bonds. The molecule has 0 spiro atoms. The Morgan fingerprint density at radius 1 is 1.33 bits per heavy atom. The van der Waals surface area contributed by atoms with Crippen molar-refractivity contribution >= 4 is 5.97 Å². The zero-order valence-corrected chi connectivity index (χ0v) is 8.80. The van der Waals surface area contributed by atoms with Gasteiger partial charge in [-0.2, -0.15) is 0 Å². The monoisotopic (exact) mass is 218 g/mol. The Bertz CT molecular complexity index is 276. The number of hydrogen-bond donors (Lipinski definition) is 1. The van der Waals surface area contributed by atoms with Gasteiger partial charge in [-0.15, -0.1) is 0 Å². The number of carbonyl (C=O) groups is 1. The van der Waals surface area contributed by atoms with E-state index in [-0.39, 0.29) is 0 Å². The van der Waals surface area contributed by atoms with Crippen LogP contribution in [0.25, 0.3) is 0 Å². The Morgan fingerprint density at radius 2 is 1.93 bits per heavy atom. The van der Waals surface area contributed by atoms with Crippen molar-refractivity contribution in [3.63, 3.8) is 0 Å². The van der Waals surface area contributed by atoms with E-state index in [1.165, 1.54) is 7.11 Å². The van der Waals surface area contributed by atoms with Gasteiger partial charge in [-0.1, -0.05) is 0 Å². The Hall–Kier alpha value is -0.690. The van der Waals surface area contributed by atoms with E-state index in [1.807, 2.05) is 0 Å². The molecule has 2 aliphatic heterocycles. The molecule has 1 N–H and O–H groups in total. The number of fused-ring (bicyclic) bond motifs is 1. The van der Waals surface area contributed by atoms with Crippen molar-refractivity contribution in [2.45, 2.75) is 44.2 Å². The number of carbonyl (C=O) groups excluding carboxylic acids is 1. The first-order chi connectivity index (χ1) is 6.94. The number of aliphatic hydroxyl groups is 1. The van der Waals surface area contributed by atoms with Gasteiger partial charge < -0.3 is 24.1 Å². The highest BCUT2D eigenvalue weighted by Crippen LogP contribution is 2.38. The standard InChI is InChI=1S/C9H14O6/c1-9(2)14-4-5(7(10)12-3)13-8(11)6(4)15-9/h4-6,8,11H,1-3H3/t4-,5+,6-,8-/m0/s1. The summed E-state index contributed by atoms with van der Waals surface area (Å²) in [5.74, 6) is -1.38. The molecule has 6 heteroatoms. The molecule has 0 aliphatic carbocycles. The van der Waals surface area contributed by atoms with Crippen LogP contribution in [0.2, 0.25) is 0 Å². The molecule has 4 atom stereocenters. The van der Waals surface area contributed by atoms with E-state index in [1.54, 1.807) is 13.8 Å². The molecule has 2 heterocycles. The molecule has 2 rings (SSSR count). The summed E-state index contributed by atoms with van der Waals surface area (Å²) in [6.07, 6.45) is -3.32. The van der Waals surface area contributed by atoms with Gasteiger partial charge in [0.2, 0.25) is 0 Å². The molecule has 2 aliphatic rings. The maximum absolute atomic E-state index is 11.3. The van der Waals surface area contributed by atoms with E-state index in [9.17, 15) is 9.90 Å². The maximum atomic E-state index is 11.3. The molecule has 0 saturated carbocycles. The van der Waals surface area contributed by atoms with Crippen molar-refractivity contribution < 1.29 is 28.8 Å². The third-order valence-electron chi connectivity index (χ3n) is 2.46. The average molecular weight is 218 g/mol. The topological polar surface area (TPSA) is 74.2 Å². The van der Waals surface area contributed by atoms with Crippen molar-refractivity contribution in [2.24, 2.45) is 0 Å². The molecule has 0 aromatic rings. The summed E-state index contributed by atoms with van der Waals surface area (Å²) in [7, 11) is 1.26. The van der Waals surface area contributed by atoms with Gasteiger partial charge >= 0.3 is 5.97 Å². The summed E-state index contributed by atoms with van der Waals surface area (Å²) < 4.78 is 20.4. The molecule has 0 unspecified atom stereocenters. The summed E-state index contributed by atoms with van der Waals surface area (Å²) in [5.41, 5.74) is 0. The van der Waals surface area contributed by atoms with Gasteiger partial charge in [0.1, 0.15) is 12.2 Å². The van der Waals surface area contributed by atoms with Crippen LogP contribution in [0, 0.1) is 0 Å². The lowest BCUT2D eigenvalue weighted by atomic mass is 10.1. The lowest BCUT2D eigenvalue weighted by Gasteiger charge is -2.21. The smallest absolute Gasteiger partial charge is 0.337 e. The average Bonchev–Trinajstić information content (AvgIpc) is 2.61. The quantitative estimate of drug-likeness (QED) is 0.592. The zero-order valence-electron chi connectivity index (χ0n) is 8.80. The Kier molecular flexibility index (Phi) is 2.46. The third kappa shape index (κ3) is 1.74. The predicted octanol–water partition coefficient (Wildman–Crippen LogP) is -0.603. The van der Waals surface area contributed by atoms with Gasteiger partial charge in [0.25, 0.3) is 0 Å². The van der Waals surface area contributed by atoms with Crippen molar-refractivity contribution in [3.8, 4) is 0 Å². The van der Waals surface area contributed by atoms with Crippen molar-refractivity contribution in [3.05, 3.63) is 0 Å². The van der Waals surface area contributed by atoms with Crippen molar-refractivity contribution in [1.29, 1.82) is 0 Å². The Balaban J connectivity index is 2.16. The second-order valence-corrected chi connectivity index (χ2v) is 4.04. The Morgan fingerprint density at radius 3 is 2.53 bits per heavy atom. The molecule has 86 valence electrons. The zero-order chi connectivity index (χ0) is 11.2. The minimum atomic E-state index is -1.15. The third-order valence-corrected chi connectivity index (χ3v) is 2.46. The second-order valence-electron chi connectivity index (χ2n) is 4.04. The minimum Gasteiger partial charge on any atom is -0.467 e. The predicted molar refractivity (Wildman–Crippen MR) is 46.7 cm³/mol. The lowest BCUT2D eigenvalue weighted by Crippen LogP contribution is -2.36. The molecule has 0 radical (unpaired) electrons. The van der Waals surface area contributed by atoms with Gasteiger partial charge in [-0.3, -0.25) is 0 Å². The highest BCUT2D eigenvalue weighted by atomic mass is 16.8. The first-order valence-electron chi connectivity index (χ1n) is 4.71. The molecule has 0 aromatic carbocycles. The van der Waals surface area contributed by atoms with Gasteiger partial charge in [0.15, 0.2) is 18.2 Å².